The van der Waals surface area contributed by atoms with E-state index in [2.05, 4.69) is 17.1 Å². The number of hydrogen-bond donors (Lipinski definition) is 1. The maximum Gasteiger partial charge on any atom is 0.410 e. The Kier molecular flexibility index (Phi) is 7.07. The zero-order valence-electron chi connectivity index (χ0n) is 16.0. The molecule has 7 heteroatoms. The molecule has 2 atom stereocenters. The summed E-state index contributed by atoms with van der Waals surface area (Å²) in [5, 5.41) is 3.01. The summed E-state index contributed by atoms with van der Waals surface area (Å²) in [5.74, 6) is -0.101. The number of ether oxygens (including phenoxy) is 2. The van der Waals surface area contributed by atoms with E-state index in [0.29, 0.717) is 32.8 Å². The van der Waals surface area contributed by atoms with Crippen LogP contribution in [0.25, 0.3) is 0 Å². The molecule has 7 nitrogen and oxygen atoms in total. The number of rotatable bonds is 5. The van der Waals surface area contributed by atoms with Crippen molar-refractivity contribution >= 4 is 12.0 Å². The summed E-state index contributed by atoms with van der Waals surface area (Å²) in [6, 6.07) is -0.292. The van der Waals surface area contributed by atoms with E-state index in [4.69, 9.17) is 9.47 Å². The van der Waals surface area contributed by atoms with Gasteiger partial charge in [-0.25, -0.2) is 4.79 Å². The highest BCUT2D eigenvalue weighted by Crippen LogP contribution is 2.25. The zero-order chi connectivity index (χ0) is 18.4. The highest BCUT2D eigenvalue weighted by Gasteiger charge is 2.43. The third-order valence-corrected chi connectivity index (χ3v) is 4.60. The molecule has 0 bridgehead atoms. The minimum Gasteiger partial charge on any atom is -0.449 e. The van der Waals surface area contributed by atoms with Gasteiger partial charge in [-0.1, -0.05) is 13.3 Å². The number of amides is 2. The Bertz CT molecular complexity index is 458. The molecule has 2 aliphatic heterocycles. The molecule has 2 rings (SSSR count). The van der Waals surface area contributed by atoms with Crippen LogP contribution >= 0.6 is 0 Å². The van der Waals surface area contributed by atoms with Gasteiger partial charge in [0, 0.05) is 31.2 Å². The van der Waals surface area contributed by atoms with Crippen LogP contribution in [0.5, 0.6) is 0 Å². The van der Waals surface area contributed by atoms with Crippen molar-refractivity contribution in [3.63, 3.8) is 0 Å². The first kappa shape index (κ1) is 20.0. The van der Waals surface area contributed by atoms with Crippen LogP contribution in [0.15, 0.2) is 0 Å². The highest BCUT2D eigenvalue weighted by molar-refractivity contribution is 5.86. The van der Waals surface area contributed by atoms with E-state index in [9.17, 15) is 9.59 Å². The Hall–Kier alpha value is -1.34. The number of hydrogen-bond acceptors (Lipinski definition) is 5. The van der Waals surface area contributed by atoms with Crippen LogP contribution in [-0.2, 0) is 14.3 Å². The van der Waals surface area contributed by atoms with Gasteiger partial charge in [0.15, 0.2) is 0 Å². The molecule has 0 saturated carbocycles. The van der Waals surface area contributed by atoms with Crippen molar-refractivity contribution in [1.82, 2.24) is 15.1 Å². The van der Waals surface area contributed by atoms with Gasteiger partial charge in [0.2, 0.25) is 5.91 Å². The molecule has 2 heterocycles. The molecule has 2 saturated heterocycles. The number of nitrogens with one attached hydrogen (secondary N) is 1. The maximum absolute atomic E-state index is 12.7. The Morgan fingerprint density at radius 2 is 1.92 bits per heavy atom. The maximum atomic E-state index is 12.7. The lowest BCUT2D eigenvalue weighted by atomic mass is 10.1. The summed E-state index contributed by atoms with van der Waals surface area (Å²) >= 11 is 0. The van der Waals surface area contributed by atoms with Crippen LogP contribution in [-0.4, -0.2) is 78.9 Å². The van der Waals surface area contributed by atoms with Crippen molar-refractivity contribution in [3.8, 4) is 0 Å². The van der Waals surface area contributed by atoms with E-state index >= 15 is 0 Å². The van der Waals surface area contributed by atoms with E-state index in [1.807, 2.05) is 20.8 Å². The Morgan fingerprint density at radius 1 is 1.24 bits per heavy atom. The summed E-state index contributed by atoms with van der Waals surface area (Å²) in [7, 11) is 0. The SMILES string of the molecule is CCCCOC(=O)N1C[C@@H](N2CCOCC2)C[C@H]1C(=O)NC(C)(C)C. The van der Waals surface area contributed by atoms with Gasteiger partial charge >= 0.3 is 6.09 Å². The lowest BCUT2D eigenvalue weighted by molar-refractivity contribution is -0.126. The van der Waals surface area contributed by atoms with Crippen molar-refractivity contribution in [2.45, 2.75) is 64.6 Å². The van der Waals surface area contributed by atoms with E-state index in [1.165, 1.54) is 0 Å². The Morgan fingerprint density at radius 3 is 2.52 bits per heavy atom. The average molecular weight is 355 g/mol. The molecular formula is C18H33N3O4. The number of carbonyl (C=O) groups excluding carboxylic acids is 2. The first-order chi connectivity index (χ1) is 11.8. The summed E-state index contributed by atoms with van der Waals surface area (Å²) in [6.07, 6.45) is 2.08. The molecule has 0 spiro atoms. The first-order valence-corrected chi connectivity index (χ1v) is 9.39. The molecule has 1 N–H and O–H groups in total. The normalized spacial score (nSPS) is 25.0. The van der Waals surface area contributed by atoms with Crippen molar-refractivity contribution in [3.05, 3.63) is 0 Å². The average Bonchev–Trinajstić information content (AvgIpc) is 3.00. The van der Waals surface area contributed by atoms with Gasteiger partial charge in [-0.05, 0) is 33.6 Å². The fourth-order valence-electron chi connectivity index (χ4n) is 3.31. The predicted molar refractivity (Wildman–Crippen MR) is 95.4 cm³/mol. The molecular weight excluding hydrogens is 322 g/mol. The van der Waals surface area contributed by atoms with E-state index in [0.717, 1.165) is 25.9 Å². The molecule has 0 unspecified atom stereocenters. The van der Waals surface area contributed by atoms with E-state index < -0.39 is 6.04 Å². The van der Waals surface area contributed by atoms with E-state index in [-0.39, 0.29) is 23.6 Å². The summed E-state index contributed by atoms with van der Waals surface area (Å²) in [4.78, 5) is 29.2. The molecule has 0 aromatic heterocycles. The number of nitrogens with zero attached hydrogens (tertiary/aromatic N) is 2. The lowest BCUT2D eigenvalue weighted by Crippen LogP contribution is -2.51. The number of morpholine rings is 1. The molecule has 144 valence electrons. The van der Waals surface area contributed by atoms with Crippen LogP contribution in [0, 0.1) is 0 Å². The Labute approximate surface area is 151 Å². The molecule has 0 aromatic rings. The summed E-state index contributed by atoms with van der Waals surface area (Å²) < 4.78 is 10.8. The van der Waals surface area contributed by atoms with Crippen LogP contribution in [0.1, 0.15) is 47.0 Å². The van der Waals surface area contributed by atoms with Crippen LogP contribution in [0.3, 0.4) is 0 Å². The third kappa shape index (κ3) is 5.85. The molecule has 2 fully saturated rings. The predicted octanol–water partition coefficient (Wildman–Crippen LogP) is 1.61. The van der Waals surface area contributed by atoms with E-state index in [1.54, 1.807) is 4.90 Å². The second-order valence-corrected chi connectivity index (χ2v) is 7.91. The zero-order valence-corrected chi connectivity index (χ0v) is 16.0. The summed E-state index contributed by atoms with van der Waals surface area (Å²) in [5.41, 5.74) is -0.327. The van der Waals surface area contributed by atoms with Crippen molar-refractivity contribution in [2.75, 3.05) is 39.5 Å². The largest absolute Gasteiger partial charge is 0.449 e. The van der Waals surface area contributed by atoms with Crippen molar-refractivity contribution in [1.29, 1.82) is 0 Å². The number of carbonyl (C=O) groups is 2. The van der Waals surface area contributed by atoms with Gasteiger partial charge < -0.3 is 14.8 Å². The highest BCUT2D eigenvalue weighted by atomic mass is 16.6. The van der Waals surface area contributed by atoms with Gasteiger partial charge in [0.05, 0.1) is 19.8 Å². The molecule has 2 amide bonds. The van der Waals surface area contributed by atoms with Crippen LogP contribution < -0.4 is 5.32 Å². The number of likely N-dealkylation sites (tertiary alicyclic amines) is 1. The van der Waals surface area contributed by atoms with Gasteiger partial charge in [-0.2, -0.15) is 0 Å². The molecule has 0 aliphatic carbocycles. The second kappa shape index (κ2) is 8.85. The monoisotopic (exact) mass is 355 g/mol. The fourth-order valence-corrected chi connectivity index (χ4v) is 3.31. The van der Waals surface area contributed by atoms with Gasteiger partial charge in [0.25, 0.3) is 0 Å². The second-order valence-electron chi connectivity index (χ2n) is 7.91. The van der Waals surface area contributed by atoms with Crippen LogP contribution in [0.2, 0.25) is 0 Å². The lowest BCUT2D eigenvalue weighted by Gasteiger charge is -2.31. The summed E-state index contributed by atoms with van der Waals surface area (Å²) in [6.45, 7) is 11.9. The van der Waals surface area contributed by atoms with Crippen molar-refractivity contribution in [2.24, 2.45) is 0 Å². The molecule has 0 aromatic carbocycles. The van der Waals surface area contributed by atoms with Crippen molar-refractivity contribution < 1.29 is 19.1 Å². The molecule has 0 radical (unpaired) electrons. The van der Waals surface area contributed by atoms with Gasteiger partial charge in [-0.3, -0.25) is 14.6 Å². The fraction of sp³-hybridized carbons (Fsp3) is 0.889. The molecule has 2 aliphatic rings. The quantitative estimate of drug-likeness (QED) is 0.759. The Balaban J connectivity index is 2.04. The minimum atomic E-state index is -0.471. The number of unbranched alkanes of at least 4 members (excludes halogenated alkanes) is 1. The van der Waals surface area contributed by atoms with Crippen LogP contribution in [0.4, 0.5) is 4.79 Å². The first-order valence-electron chi connectivity index (χ1n) is 9.39. The topological polar surface area (TPSA) is 71.1 Å². The smallest absolute Gasteiger partial charge is 0.410 e. The minimum absolute atomic E-state index is 0.101. The standard InChI is InChI=1S/C18H33N3O4/c1-5-6-9-25-17(23)21-13-14(20-7-10-24-11-8-20)12-15(21)16(22)19-18(2,3)4/h14-15H,5-13H2,1-4H3,(H,19,22)/t14-,15-/m0/s1. The van der Waals surface area contributed by atoms with Gasteiger partial charge in [-0.15, -0.1) is 0 Å². The molecule has 25 heavy (non-hydrogen) atoms. The third-order valence-electron chi connectivity index (χ3n) is 4.60. The van der Waals surface area contributed by atoms with Gasteiger partial charge in [0.1, 0.15) is 6.04 Å².